The van der Waals surface area contributed by atoms with E-state index in [0.29, 0.717) is 18.5 Å². The van der Waals surface area contributed by atoms with Gasteiger partial charge in [0.05, 0.1) is 0 Å². The Bertz CT molecular complexity index is 626. The number of amides is 2. The van der Waals surface area contributed by atoms with Gasteiger partial charge in [-0.25, -0.2) is 4.39 Å². The van der Waals surface area contributed by atoms with Crippen LogP contribution in [0.1, 0.15) is 18.4 Å². The van der Waals surface area contributed by atoms with Gasteiger partial charge in [-0.05, 0) is 53.1 Å². The molecular weight excluding hydrogens is 303 g/mol. The van der Waals surface area contributed by atoms with Crippen LogP contribution in [0.15, 0.2) is 41.1 Å². The predicted molar refractivity (Wildman–Crippen MR) is 85.2 cm³/mol. The molecule has 2 rings (SSSR count). The van der Waals surface area contributed by atoms with Gasteiger partial charge in [0.2, 0.25) is 11.8 Å². The fraction of sp³-hybridized carbons (Fsp3) is 0.250. The topological polar surface area (TPSA) is 63.4 Å². The summed E-state index contributed by atoms with van der Waals surface area (Å²) in [5.41, 5.74) is 6.83. The van der Waals surface area contributed by atoms with Crippen LogP contribution in [0.4, 0.5) is 10.1 Å². The highest BCUT2D eigenvalue weighted by Gasteiger charge is 2.16. The summed E-state index contributed by atoms with van der Waals surface area (Å²) < 4.78 is 13.0. The molecule has 2 N–H and O–H groups in total. The molecule has 1 aromatic carbocycles. The van der Waals surface area contributed by atoms with Crippen LogP contribution in [0.5, 0.6) is 0 Å². The van der Waals surface area contributed by atoms with Gasteiger partial charge in [0.1, 0.15) is 5.82 Å². The van der Waals surface area contributed by atoms with Gasteiger partial charge in [0, 0.05) is 25.1 Å². The molecular formula is C16H17FN2O2S. The third kappa shape index (κ3) is 4.66. The van der Waals surface area contributed by atoms with Gasteiger partial charge in [0.25, 0.3) is 0 Å². The number of thiophene rings is 1. The number of hydrogen-bond donors (Lipinski definition) is 1. The van der Waals surface area contributed by atoms with Crippen molar-refractivity contribution in [1.82, 2.24) is 0 Å². The van der Waals surface area contributed by atoms with Gasteiger partial charge in [-0.1, -0.05) is 0 Å². The van der Waals surface area contributed by atoms with Gasteiger partial charge >= 0.3 is 0 Å². The van der Waals surface area contributed by atoms with E-state index in [-0.39, 0.29) is 24.7 Å². The summed E-state index contributed by atoms with van der Waals surface area (Å²) in [4.78, 5) is 24.9. The first-order chi connectivity index (χ1) is 10.6. The number of carbonyl (C=O) groups excluding carboxylic acids is 2. The highest BCUT2D eigenvalue weighted by atomic mass is 32.1. The van der Waals surface area contributed by atoms with E-state index in [9.17, 15) is 14.0 Å². The normalized spacial score (nSPS) is 10.4. The average Bonchev–Trinajstić information content (AvgIpc) is 3.00. The molecule has 2 amide bonds. The zero-order valence-electron chi connectivity index (χ0n) is 12.0. The lowest BCUT2D eigenvalue weighted by Crippen LogP contribution is -2.34. The van der Waals surface area contributed by atoms with E-state index in [0.717, 1.165) is 5.56 Å². The second-order valence-corrected chi connectivity index (χ2v) is 5.65. The van der Waals surface area contributed by atoms with E-state index in [1.165, 1.54) is 29.2 Å². The Labute approximate surface area is 132 Å². The molecule has 0 spiro atoms. The van der Waals surface area contributed by atoms with Crippen molar-refractivity contribution in [3.63, 3.8) is 0 Å². The van der Waals surface area contributed by atoms with Gasteiger partial charge in [-0.15, -0.1) is 0 Å². The third-order valence-corrected chi connectivity index (χ3v) is 3.96. The van der Waals surface area contributed by atoms with Crippen LogP contribution < -0.4 is 10.6 Å². The molecule has 1 aromatic heterocycles. The molecule has 0 atom stereocenters. The highest BCUT2D eigenvalue weighted by molar-refractivity contribution is 7.07. The smallest absolute Gasteiger partial charge is 0.227 e. The monoisotopic (exact) mass is 320 g/mol. The quantitative estimate of drug-likeness (QED) is 0.852. The first kappa shape index (κ1) is 16.2. The van der Waals surface area contributed by atoms with Crippen molar-refractivity contribution in [2.24, 2.45) is 5.73 Å². The zero-order valence-corrected chi connectivity index (χ0v) is 12.8. The van der Waals surface area contributed by atoms with Crippen LogP contribution in [-0.4, -0.2) is 18.4 Å². The lowest BCUT2D eigenvalue weighted by atomic mass is 10.1. The van der Waals surface area contributed by atoms with Gasteiger partial charge in [0.15, 0.2) is 0 Å². The standard InChI is InChI=1S/C16H17FN2O2S/c17-13-2-4-14(5-3-13)19(9-7-15(18)20)16(21)6-1-12-8-10-22-11-12/h2-5,8,10-11H,1,6-7,9H2,(H2,18,20). The Balaban J connectivity index is 2.06. The second kappa shape index (κ2) is 7.70. The van der Waals surface area contributed by atoms with Crippen molar-refractivity contribution < 1.29 is 14.0 Å². The first-order valence-electron chi connectivity index (χ1n) is 6.91. The lowest BCUT2D eigenvalue weighted by molar-refractivity contribution is -0.119. The molecule has 0 saturated heterocycles. The molecule has 22 heavy (non-hydrogen) atoms. The molecule has 0 saturated carbocycles. The number of halogens is 1. The van der Waals surface area contributed by atoms with E-state index in [1.807, 2.05) is 16.8 Å². The molecule has 1 heterocycles. The molecule has 2 aromatic rings. The fourth-order valence-electron chi connectivity index (χ4n) is 2.06. The van der Waals surface area contributed by atoms with Crippen LogP contribution in [0.25, 0.3) is 0 Å². The predicted octanol–water partition coefficient (Wildman–Crippen LogP) is 2.73. The number of primary amides is 1. The summed E-state index contributed by atoms with van der Waals surface area (Å²) in [5, 5.41) is 3.96. The lowest BCUT2D eigenvalue weighted by Gasteiger charge is -2.22. The Morgan fingerprint density at radius 1 is 1.14 bits per heavy atom. The molecule has 0 bridgehead atoms. The van der Waals surface area contributed by atoms with E-state index < -0.39 is 5.91 Å². The number of carbonyl (C=O) groups is 2. The first-order valence-corrected chi connectivity index (χ1v) is 7.86. The van der Waals surface area contributed by atoms with Crippen molar-refractivity contribution in [3.05, 3.63) is 52.5 Å². The van der Waals surface area contributed by atoms with Crippen molar-refractivity contribution in [2.45, 2.75) is 19.3 Å². The Morgan fingerprint density at radius 2 is 1.86 bits per heavy atom. The maximum absolute atomic E-state index is 13.0. The minimum Gasteiger partial charge on any atom is -0.370 e. The summed E-state index contributed by atoms with van der Waals surface area (Å²) >= 11 is 1.58. The van der Waals surface area contributed by atoms with Crippen LogP contribution in [-0.2, 0) is 16.0 Å². The molecule has 0 radical (unpaired) electrons. The number of rotatable bonds is 7. The molecule has 4 nitrogen and oxygen atoms in total. The third-order valence-electron chi connectivity index (χ3n) is 3.23. The number of nitrogens with two attached hydrogens (primary N) is 1. The van der Waals surface area contributed by atoms with E-state index in [1.54, 1.807) is 11.3 Å². The fourth-order valence-corrected chi connectivity index (χ4v) is 2.77. The number of benzene rings is 1. The van der Waals surface area contributed by atoms with Gasteiger partial charge in [-0.2, -0.15) is 11.3 Å². The largest absolute Gasteiger partial charge is 0.370 e. The van der Waals surface area contributed by atoms with Crippen molar-refractivity contribution >= 4 is 28.8 Å². The van der Waals surface area contributed by atoms with Crippen molar-refractivity contribution in [2.75, 3.05) is 11.4 Å². The number of nitrogens with zero attached hydrogens (tertiary/aromatic N) is 1. The zero-order chi connectivity index (χ0) is 15.9. The van der Waals surface area contributed by atoms with Crippen LogP contribution in [0, 0.1) is 5.82 Å². The van der Waals surface area contributed by atoms with E-state index >= 15 is 0 Å². The summed E-state index contributed by atoms with van der Waals surface area (Å²) in [6.45, 7) is 0.198. The Morgan fingerprint density at radius 3 is 2.45 bits per heavy atom. The highest BCUT2D eigenvalue weighted by Crippen LogP contribution is 2.18. The number of anilines is 1. The van der Waals surface area contributed by atoms with Gasteiger partial charge < -0.3 is 10.6 Å². The molecule has 0 aliphatic heterocycles. The maximum atomic E-state index is 13.0. The molecule has 0 aliphatic rings. The molecule has 116 valence electrons. The minimum atomic E-state index is -0.474. The Kier molecular flexibility index (Phi) is 5.66. The molecule has 0 unspecified atom stereocenters. The van der Waals surface area contributed by atoms with Crippen molar-refractivity contribution in [1.29, 1.82) is 0 Å². The van der Waals surface area contributed by atoms with Gasteiger partial charge in [-0.3, -0.25) is 9.59 Å². The molecule has 6 heteroatoms. The van der Waals surface area contributed by atoms with E-state index in [2.05, 4.69) is 0 Å². The summed E-state index contributed by atoms with van der Waals surface area (Å²) in [7, 11) is 0. The maximum Gasteiger partial charge on any atom is 0.227 e. The van der Waals surface area contributed by atoms with Crippen LogP contribution in [0.3, 0.4) is 0 Å². The average molecular weight is 320 g/mol. The second-order valence-electron chi connectivity index (χ2n) is 4.87. The SMILES string of the molecule is NC(=O)CCN(C(=O)CCc1ccsc1)c1ccc(F)cc1. The Hall–Kier alpha value is -2.21. The van der Waals surface area contributed by atoms with E-state index in [4.69, 9.17) is 5.73 Å². The molecule has 0 fully saturated rings. The van der Waals surface area contributed by atoms with Crippen molar-refractivity contribution in [3.8, 4) is 0 Å². The summed E-state index contributed by atoms with van der Waals surface area (Å²) in [6.07, 6.45) is 1.03. The summed E-state index contributed by atoms with van der Waals surface area (Å²) in [5.74, 6) is -0.957. The number of aryl methyl sites for hydroxylation is 1. The van der Waals surface area contributed by atoms with Crippen LogP contribution in [0.2, 0.25) is 0 Å². The summed E-state index contributed by atoms with van der Waals surface area (Å²) in [6, 6.07) is 7.61. The minimum absolute atomic E-state index is 0.0710. The number of hydrogen-bond acceptors (Lipinski definition) is 3. The molecule has 0 aliphatic carbocycles. The van der Waals surface area contributed by atoms with Crippen LogP contribution >= 0.6 is 11.3 Å².